The van der Waals surface area contributed by atoms with Crippen LogP contribution in [0.4, 0.5) is 17.1 Å². The highest BCUT2D eigenvalue weighted by molar-refractivity contribution is 9.10. The Morgan fingerprint density at radius 2 is 1.19 bits per heavy atom. The van der Waals surface area contributed by atoms with Gasteiger partial charge in [0.1, 0.15) is 0 Å². The lowest BCUT2D eigenvalue weighted by Gasteiger charge is -2.25. The van der Waals surface area contributed by atoms with Crippen LogP contribution in [0.5, 0.6) is 0 Å². The first kappa shape index (κ1) is 16.2. The third-order valence-electron chi connectivity index (χ3n) is 4.84. The molecule has 0 aliphatic heterocycles. The van der Waals surface area contributed by atoms with E-state index in [0.717, 1.165) is 32.6 Å². The number of anilines is 3. The second-order valence-corrected chi connectivity index (χ2v) is 7.38. The van der Waals surface area contributed by atoms with Gasteiger partial charge in [-0.25, -0.2) is 0 Å². The van der Waals surface area contributed by atoms with Gasteiger partial charge in [0, 0.05) is 37.8 Å². The molecular weight excluding hydrogens is 396 g/mol. The Labute approximate surface area is 166 Å². The molecule has 1 N–H and O–H groups in total. The number of nitrogens with one attached hydrogen (secondary N) is 1. The van der Waals surface area contributed by atoms with E-state index in [9.17, 15) is 0 Å². The van der Waals surface area contributed by atoms with Crippen molar-refractivity contribution in [2.75, 3.05) is 4.90 Å². The van der Waals surface area contributed by atoms with Crippen LogP contribution in [0.25, 0.3) is 21.8 Å². The Balaban J connectivity index is 1.79. The Hall–Kier alpha value is -3.04. The summed E-state index contributed by atoms with van der Waals surface area (Å²) >= 11 is 3.78. The summed E-state index contributed by atoms with van der Waals surface area (Å²) in [6, 6.07) is 33.8. The number of aromatic amines is 1. The molecule has 5 rings (SSSR count). The van der Waals surface area contributed by atoms with Crippen LogP contribution in [0.15, 0.2) is 102 Å². The molecule has 2 nitrogen and oxygen atoms in total. The van der Waals surface area contributed by atoms with Gasteiger partial charge < -0.3 is 9.88 Å². The molecule has 0 aliphatic rings. The van der Waals surface area contributed by atoms with Crippen LogP contribution in [0.2, 0.25) is 0 Å². The van der Waals surface area contributed by atoms with Gasteiger partial charge in [-0.1, -0.05) is 54.6 Å². The van der Waals surface area contributed by atoms with Crippen molar-refractivity contribution in [2.24, 2.45) is 0 Å². The number of para-hydroxylation sites is 3. The van der Waals surface area contributed by atoms with Gasteiger partial charge in [-0.15, -0.1) is 0 Å². The van der Waals surface area contributed by atoms with Crippen molar-refractivity contribution in [1.29, 1.82) is 0 Å². The minimum atomic E-state index is 1.06. The molecule has 0 bridgehead atoms. The van der Waals surface area contributed by atoms with Gasteiger partial charge in [0.25, 0.3) is 0 Å². The van der Waals surface area contributed by atoms with Crippen LogP contribution >= 0.6 is 15.9 Å². The van der Waals surface area contributed by atoms with Crippen LogP contribution in [0, 0.1) is 0 Å². The number of rotatable bonds is 3. The van der Waals surface area contributed by atoms with Gasteiger partial charge in [0.2, 0.25) is 0 Å². The maximum absolute atomic E-state index is 3.78. The molecule has 27 heavy (non-hydrogen) atoms. The zero-order valence-electron chi connectivity index (χ0n) is 14.6. The molecule has 0 amide bonds. The highest BCUT2D eigenvalue weighted by Gasteiger charge is 2.15. The zero-order valence-corrected chi connectivity index (χ0v) is 16.1. The number of hydrogen-bond donors (Lipinski definition) is 1. The topological polar surface area (TPSA) is 19.0 Å². The fourth-order valence-electron chi connectivity index (χ4n) is 3.62. The maximum Gasteiger partial charge on any atom is 0.0610 e. The predicted molar refractivity (Wildman–Crippen MR) is 118 cm³/mol. The molecule has 0 saturated carbocycles. The Kier molecular flexibility index (Phi) is 3.95. The van der Waals surface area contributed by atoms with Crippen LogP contribution in [0.3, 0.4) is 0 Å². The molecule has 0 atom stereocenters. The van der Waals surface area contributed by atoms with E-state index >= 15 is 0 Å². The van der Waals surface area contributed by atoms with Crippen molar-refractivity contribution in [3.8, 4) is 0 Å². The molecule has 0 fully saturated rings. The Morgan fingerprint density at radius 1 is 0.593 bits per heavy atom. The summed E-state index contributed by atoms with van der Waals surface area (Å²) in [5.74, 6) is 0. The van der Waals surface area contributed by atoms with E-state index in [0.29, 0.717) is 0 Å². The number of hydrogen-bond acceptors (Lipinski definition) is 1. The molecule has 5 aromatic rings. The summed E-state index contributed by atoms with van der Waals surface area (Å²) in [4.78, 5) is 5.81. The average molecular weight is 413 g/mol. The van der Waals surface area contributed by atoms with Gasteiger partial charge in [-0.2, -0.15) is 0 Å². The van der Waals surface area contributed by atoms with E-state index in [4.69, 9.17) is 0 Å². The predicted octanol–water partition coefficient (Wildman–Crippen LogP) is 7.55. The van der Waals surface area contributed by atoms with Gasteiger partial charge in [-0.05, 0) is 58.4 Å². The summed E-state index contributed by atoms with van der Waals surface area (Å²) in [5, 5.41) is 2.45. The number of aromatic nitrogens is 1. The fourth-order valence-corrected chi connectivity index (χ4v) is 4.17. The summed E-state index contributed by atoms with van der Waals surface area (Å²) in [7, 11) is 0. The van der Waals surface area contributed by atoms with Crippen molar-refractivity contribution in [3.63, 3.8) is 0 Å². The van der Waals surface area contributed by atoms with E-state index in [1.807, 2.05) is 12.1 Å². The second-order valence-electron chi connectivity index (χ2n) is 6.53. The third-order valence-corrected chi connectivity index (χ3v) is 5.46. The van der Waals surface area contributed by atoms with Crippen LogP contribution in [0.1, 0.15) is 0 Å². The average Bonchev–Trinajstić information content (AvgIpc) is 3.10. The smallest absolute Gasteiger partial charge is 0.0610 e. The first-order chi connectivity index (χ1) is 13.3. The number of H-pyrrole nitrogens is 1. The van der Waals surface area contributed by atoms with E-state index in [-0.39, 0.29) is 0 Å². The Bertz CT molecular complexity index is 1190. The summed E-state index contributed by atoms with van der Waals surface area (Å²) < 4.78 is 1.06. The molecule has 4 aromatic carbocycles. The lowest BCUT2D eigenvalue weighted by Crippen LogP contribution is -2.09. The summed E-state index contributed by atoms with van der Waals surface area (Å²) in [6.45, 7) is 0. The Morgan fingerprint density at radius 3 is 1.85 bits per heavy atom. The SMILES string of the molecule is Brc1cc(N(c2ccccc2)c2ccccc2)cc2c1[nH]c1ccccc12. The number of nitrogens with zero attached hydrogens (tertiary/aromatic N) is 1. The van der Waals surface area contributed by atoms with Crippen molar-refractivity contribution < 1.29 is 0 Å². The van der Waals surface area contributed by atoms with Gasteiger partial charge >= 0.3 is 0 Å². The monoisotopic (exact) mass is 412 g/mol. The summed E-state index contributed by atoms with van der Waals surface area (Å²) in [5.41, 5.74) is 5.67. The van der Waals surface area contributed by atoms with Crippen LogP contribution in [-0.2, 0) is 0 Å². The molecule has 0 saturated heterocycles. The van der Waals surface area contributed by atoms with Gasteiger partial charge in [0.15, 0.2) is 0 Å². The lowest BCUT2D eigenvalue weighted by atomic mass is 10.1. The number of benzene rings is 4. The molecule has 1 heterocycles. The first-order valence-electron chi connectivity index (χ1n) is 8.91. The van der Waals surface area contributed by atoms with Crippen molar-refractivity contribution in [2.45, 2.75) is 0 Å². The minimum absolute atomic E-state index is 1.06. The summed E-state index contributed by atoms with van der Waals surface area (Å²) in [6.07, 6.45) is 0. The van der Waals surface area contributed by atoms with Gasteiger partial charge in [0.05, 0.1) is 5.52 Å². The molecule has 0 spiro atoms. The van der Waals surface area contributed by atoms with Crippen molar-refractivity contribution in [3.05, 3.63) is 102 Å². The molecule has 130 valence electrons. The van der Waals surface area contributed by atoms with Crippen LogP contribution < -0.4 is 4.90 Å². The molecule has 0 unspecified atom stereocenters. The minimum Gasteiger partial charge on any atom is -0.354 e. The molecule has 3 heteroatoms. The second kappa shape index (κ2) is 6.60. The van der Waals surface area contributed by atoms with Gasteiger partial charge in [-0.3, -0.25) is 0 Å². The van der Waals surface area contributed by atoms with E-state index in [2.05, 4.69) is 111 Å². The number of halogens is 1. The first-order valence-corrected chi connectivity index (χ1v) is 9.71. The van der Waals surface area contributed by atoms with E-state index < -0.39 is 0 Å². The standard InChI is InChI=1S/C24H17BrN2/c25-22-16-19(15-21-20-13-7-8-14-23(20)26-24(21)22)27(17-9-3-1-4-10-17)18-11-5-2-6-12-18/h1-16,26H. The molecule has 0 radical (unpaired) electrons. The largest absolute Gasteiger partial charge is 0.354 e. The molecule has 1 aromatic heterocycles. The lowest BCUT2D eigenvalue weighted by molar-refractivity contribution is 1.29. The highest BCUT2D eigenvalue weighted by Crippen LogP contribution is 2.40. The maximum atomic E-state index is 3.78. The molecule has 0 aliphatic carbocycles. The molecular formula is C24H17BrN2. The van der Waals surface area contributed by atoms with Crippen molar-refractivity contribution in [1.82, 2.24) is 4.98 Å². The zero-order chi connectivity index (χ0) is 18.2. The normalized spacial score (nSPS) is 11.1. The van der Waals surface area contributed by atoms with Crippen molar-refractivity contribution >= 4 is 54.8 Å². The number of fused-ring (bicyclic) bond motifs is 3. The fraction of sp³-hybridized carbons (Fsp3) is 0. The quantitative estimate of drug-likeness (QED) is 0.324. The van der Waals surface area contributed by atoms with Crippen LogP contribution in [-0.4, -0.2) is 4.98 Å². The highest BCUT2D eigenvalue weighted by atomic mass is 79.9. The third kappa shape index (κ3) is 2.81. The van der Waals surface area contributed by atoms with E-state index in [1.54, 1.807) is 0 Å². The van der Waals surface area contributed by atoms with E-state index in [1.165, 1.54) is 10.8 Å².